The van der Waals surface area contributed by atoms with Crippen LogP contribution in [0.2, 0.25) is 0 Å². The third-order valence-electron chi connectivity index (χ3n) is 7.39. The molecule has 1 N–H and O–H groups in total. The molecule has 5 rings (SSSR count). The van der Waals surface area contributed by atoms with Gasteiger partial charge in [-0.25, -0.2) is 4.79 Å². The number of anilines is 1. The molecule has 210 valence electrons. The molecule has 4 aromatic carbocycles. The smallest absolute Gasteiger partial charge is 0.353 e. The minimum Gasteiger partial charge on any atom is -0.491 e. The Morgan fingerprint density at radius 1 is 0.805 bits per heavy atom. The van der Waals surface area contributed by atoms with Crippen molar-refractivity contribution in [3.63, 3.8) is 0 Å². The Labute approximate surface area is 242 Å². The van der Waals surface area contributed by atoms with Crippen LogP contribution >= 0.6 is 0 Å². The maximum Gasteiger partial charge on any atom is 0.353 e. The Bertz CT molecular complexity index is 1690. The highest BCUT2D eigenvalue weighted by atomic mass is 16.5. The van der Waals surface area contributed by atoms with Crippen molar-refractivity contribution in [2.24, 2.45) is 0 Å². The second-order valence-electron chi connectivity index (χ2n) is 12.0. The molecule has 0 aliphatic rings. The highest BCUT2D eigenvalue weighted by Crippen LogP contribution is 2.40. The van der Waals surface area contributed by atoms with Crippen molar-refractivity contribution in [1.82, 2.24) is 4.57 Å². The highest BCUT2D eigenvalue weighted by Gasteiger charge is 2.25. The maximum atomic E-state index is 13.0. The molecule has 5 nitrogen and oxygen atoms in total. The molecule has 0 aliphatic heterocycles. The fourth-order valence-electron chi connectivity index (χ4n) is 5.27. The molecule has 0 amide bonds. The lowest BCUT2D eigenvalue weighted by atomic mass is 9.86. The number of carbonyl (C=O) groups is 1. The zero-order valence-electron chi connectivity index (χ0n) is 24.9. The lowest BCUT2D eigenvalue weighted by Gasteiger charge is -2.19. The number of nitrogens with zero attached hydrogens (tertiary/aromatic N) is 2. The van der Waals surface area contributed by atoms with E-state index in [1.165, 1.54) is 5.56 Å². The predicted molar refractivity (Wildman–Crippen MR) is 170 cm³/mol. The molecule has 0 aliphatic carbocycles. The standard InChI is InChI=1S/C36H38N2O3/c1-23(2)41-30-19-10-25(11-20-30)33-31-22-26(24-8-13-27(14-9-24)36(3,4)5)12-21-32(31)38(34(33)35(39)40)29-17-15-28(16-18-29)37(6)7/h8-23H,1-7H3,(H,39,40). The van der Waals surface area contributed by atoms with E-state index in [0.29, 0.717) is 5.56 Å². The van der Waals surface area contributed by atoms with Gasteiger partial charge in [-0.05, 0) is 90.0 Å². The Kier molecular flexibility index (Phi) is 7.39. The van der Waals surface area contributed by atoms with Gasteiger partial charge in [0.2, 0.25) is 0 Å². The summed E-state index contributed by atoms with van der Waals surface area (Å²) < 4.78 is 7.72. The molecule has 1 heterocycles. The number of rotatable bonds is 7. The fourth-order valence-corrected chi connectivity index (χ4v) is 5.27. The van der Waals surface area contributed by atoms with E-state index in [1.807, 2.05) is 92.0 Å². The number of fused-ring (bicyclic) bond motifs is 1. The summed E-state index contributed by atoms with van der Waals surface area (Å²) in [6.07, 6.45) is 0.0507. The van der Waals surface area contributed by atoms with E-state index in [9.17, 15) is 9.90 Å². The van der Waals surface area contributed by atoms with E-state index in [4.69, 9.17) is 4.74 Å². The number of hydrogen-bond acceptors (Lipinski definition) is 3. The molecule has 41 heavy (non-hydrogen) atoms. The van der Waals surface area contributed by atoms with Gasteiger partial charge in [-0.1, -0.05) is 63.2 Å². The van der Waals surface area contributed by atoms with Gasteiger partial charge in [0, 0.05) is 36.4 Å². The summed E-state index contributed by atoms with van der Waals surface area (Å²) in [6, 6.07) is 30.6. The molecule has 5 heteroatoms. The van der Waals surface area contributed by atoms with E-state index >= 15 is 0 Å². The maximum absolute atomic E-state index is 13.0. The number of ether oxygens (including phenoxy) is 1. The molecular formula is C36H38N2O3. The quantitative estimate of drug-likeness (QED) is 0.222. The van der Waals surface area contributed by atoms with E-state index in [1.54, 1.807) is 0 Å². The normalized spacial score (nSPS) is 11.7. The zero-order chi connectivity index (χ0) is 29.5. The number of hydrogen-bond donors (Lipinski definition) is 1. The van der Waals surface area contributed by atoms with Gasteiger partial charge >= 0.3 is 5.97 Å². The monoisotopic (exact) mass is 546 g/mol. The van der Waals surface area contributed by atoms with Crippen molar-refractivity contribution in [3.8, 4) is 33.7 Å². The van der Waals surface area contributed by atoms with Gasteiger partial charge in [0.25, 0.3) is 0 Å². The second-order valence-corrected chi connectivity index (χ2v) is 12.0. The molecule has 0 radical (unpaired) electrons. The summed E-state index contributed by atoms with van der Waals surface area (Å²) in [7, 11) is 3.98. The SMILES string of the molecule is CC(C)Oc1ccc(-c2c(C(=O)O)n(-c3ccc(N(C)C)cc3)c3ccc(-c4ccc(C(C)(C)C)cc4)cc23)cc1. The number of benzene rings is 4. The Balaban J connectivity index is 1.75. The molecule has 5 aromatic rings. The molecule has 1 aromatic heterocycles. The van der Waals surface area contributed by atoms with E-state index < -0.39 is 5.97 Å². The number of aromatic nitrogens is 1. The van der Waals surface area contributed by atoms with Crippen LogP contribution in [0.25, 0.3) is 38.8 Å². The molecule has 0 spiro atoms. The summed E-state index contributed by atoms with van der Waals surface area (Å²) >= 11 is 0. The molecular weight excluding hydrogens is 508 g/mol. The average molecular weight is 547 g/mol. The first-order valence-corrected chi connectivity index (χ1v) is 14.0. The first kappa shape index (κ1) is 28.0. The van der Waals surface area contributed by atoms with Crippen molar-refractivity contribution in [2.75, 3.05) is 19.0 Å². The summed E-state index contributed by atoms with van der Waals surface area (Å²) in [5, 5.41) is 11.5. The van der Waals surface area contributed by atoms with Gasteiger partial charge in [0.05, 0.1) is 11.6 Å². The summed E-state index contributed by atoms with van der Waals surface area (Å²) in [5.41, 5.74) is 7.89. The van der Waals surface area contributed by atoms with Crippen molar-refractivity contribution >= 4 is 22.6 Å². The Hall–Kier alpha value is -4.51. The fraction of sp³-hybridized carbons (Fsp3) is 0.250. The summed E-state index contributed by atoms with van der Waals surface area (Å²) in [4.78, 5) is 15.0. The largest absolute Gasteiger partial charge is 0.491 e. The highest BCUT2D eigenvalue weighted by molar-refractivity contribution is 6.10. The average Bonchev–Trinajstić information content (AvgIpc) is 3.27. The molecule has 0 bridgehead atoms. The minimum absolute atomic E-state index is 0.0507. The molecule has 0 atom stereocenters. The number of aromatic carboxylic acids is 1. The minimum atomic E-state index is -0.980. The number of carboxylic acid groups (broad SMARTS) is 1. The first-order chi connectivity index (χ1) is 19.4. The van der Waals surface area contributed by atoms with Gasteiger partial charge in [-0.15, -0.1) is 0 Å². The van der Waals surface area contributed by atoms with Crippen LogP contribution in [-0.2, 0) is 5.41 Å². The second kappa shape index (κ2) is 10.8. The van der Waals surface area contributed by atoms with Crippen LogP contribution in [0.4, 0.5) is 5.69 Å². The Morgan fingerprint density at radius 2 is 1.39 bits per heavy atom. The molecule has 0 saturated heterocycles. The van der Waals surface area contributed by atoms with Gasteiger partial charge < -0.3 is 19.3 Å². The van der Waals surface area contributed by atoms with Crippen molar-refractivity contribution in [1.29, 1.82) is 0 Å². The van der Waals surface area contributed by atoms with Crippen LogP contribution in [-0.4, -0.2) is 35.8 Å². The summed E-state index contributed by atoms with van der Waals surface area (Å²) in [5.74, 6) is -0.227. The molecule has 0 unspecified atom stereocenters. The number of carboxylic acids is 1. The lowest BCUT2D eigenvalue weighted by Crippen LogP contribution is -2.10. The topological polar surface area (TPSA) is 54.7 Å². The van der Waals surface area contributed by atoms with E-state index in [2.05, 4.69) is 57.2 Å². The van der Waals surface area contributed by atoms with E-state index in [-0.39, 0.29) is 17.2 Å². The van der Waals surface area contributed by atoms with Crippen LogP contribution in [0.3, 0.4) is 0 Å². The molecule has 0 saturated carbocycles. The molecule has 0 fully saturated rings. The van der Waals surface area contributed by atoms with Crippen molar-refractivity contribution < 1.29 is 14.6 Å². The third-order valence-corrected chi connectivity index (χ3v) is 7.39. The third kappa shape index (κ3) is 5.58. The van der Waals surface area contributed by atoms with Crippen LogP contribution in [0, 0.1) is 0 Å². The predicted octanol–water partition coefficient (Wildman–Crippen LogP) is 8.81. The van der Waals surface area contributed by atoms with Gasteiger partial charge in [-0.3, -0.25) is 0 Å². The summed E-state index contributed by atoms with van der Waals surface area (Å²) in [6.45, 7) is 10.6. The van der Waals surface area contributed by atoms with E-state index in [0.717, 1.165) is 44.7 Å². The first-order valence-electron chi connectivity index (χ1n) is 14.0. The van der Waals surface area contributed by atoms with Gasteiger partial charge in [-0.2, -0.15) is 0 Å². The van der Waals surface area contributed by atoms with Crippen molar-refractivity contribution in [3.05, 3.63) is 102 Å². The van der Waals surface area contributed by atoms with Crippen LogP contribution in [0.1, 0.15) is 50.7 Å². The van der Waals surface area contributed by atoms with Crippen LogP contribution < -0.4 is 9.64 Å². The van der Waals surface area contributed by atoms with Crippen LogP contribution in [0.15, 0.2) is 91.0 Å². The Morgan fingerprint density at radius 3 is 1.93 bits per heavy atom. The van der Waals surface area contributed by atoms with Crippen LogP contribution in [0.5, 0.6) is 5.75 Å². The van der Waals surface area contributed by atoms with Gasteiger partial charge in [0.15, 0.2) is 0 Å². The van der Waals surface area contributed by atoms with Crippen molar-refractivity contribution in [2.45, 2.75) is 46.1 Å². The lowest BCUT2D eigenvalue weighted by molar-refractivity contribution is 0.0689. The van der Waals surface area contributed by atoms with Gasteiger partial charge in [0.1, 0.15) is 11.4 Å². The zero-order valence-corrected chi connectivity index (χ0v) is 24.9.